The highest BCUT2D eigenvalue weighted by Crippen LogP contribution is 2.32. The molecule has 0 saturated heterocycles. The Hall–Kier alpha value is -1.52. The molecule has 2 N–H and O–H groups in total. The van der Waals surface area contributed by atoms with Gasteiger partial charge in [-0.25, -0.2) is 0 Å². The Labute approximate surface area is 123 Å². The molecule has 0 radical (unpaired) electrons. The Balaban J connectivity index is 1.91. The van der Waals surface area contributed by atoms with Crippen molar-refractivity contribution in [2.24, 2.45) is 0 Å². The molecule has 1 aliphatic heterocycles. The molecule has 1 aromatic carbocycles. The maximum atomic E-state index is 6.29. The molecule has 0 aliphatic carbocycles. The third-order valence-corrected chi connectivity index (χ3v) is 3.77. The van der Waals surface area contributed by atoms with E-state index in [2.05, 4.69) is 22.4 Å². The number of hydrogen-bond acceptors (Lipinski definition) is 3. The zero-order valence-electron chi connectivity index (χ0n) is 11.5. The second-order valence-electron chi connectivity index (χ2n) is 4.95. The van der Waals surface area contributed by atoms with Crippen molar-refractivity contribution in [3.63, 3.8) is 0 Å². The number of ether oxygens (including phenoxy) is 1. The van der Waals surface area contributed by atoms with Crippen molar-refractivity contribution in [1.82, 2.24) is 15.5 Å². The molecular weight excluding hydrogens is 274 g/mol. The molecule has 0 spiro atoms. The molecule has 5 heteroatoms. The van der Waals surface area contributed by atoms with E-state index in [1.807, 2.05) is 18.2 Å². The van der Waals surface area contributed by atoms with E-state index in [0.717, 1.165) is 42.9 Å². The summed E-state index contributed by atoms with van der Waals surface area (Å²) in [7, 11) is 0. The summed E-state index contributed by atoms with van der Waals surface area (Å²) in [6.07, 6.45) is 1.96. The number of rotatable bonds is 4. The number of aromatic nitrogens is 2. The van der Waals surface area contributed by atoms with Crippen molar-refractivity contribution in [3.8, 4) is 17.0 Å². The normalized spacial score (nSPS) is 14.1. The van der Waals surface area contributed by atoms with Gasteiger partial charge in [0.05, 0.1) is 17.3 Å². The highest BCUT2D eigenvalue weighted by atomic mass is 35.5. The smallest absolute Gasteiger partial charge is 0.137 e. The van der Waals surface area contributed by atoms with Gasteiger partial charge in [0.25, 0.3) is 0 Å². The molecule has 20 heavy (non-hydrogen) atoms. The largest absolute Gasteiger partial charge is 0.492 e. The van der Waals surface area contributed by atoms with Crippen LogP contribution in [0.2, 0.25) is 5.02 Å². The van der Waals surface area contributed by atoms with E-state index < -0.39 is 0 Å². The monoisotopic (exact) mass is 291 g/mol. The van der Waals surface area contributed by atoms with Gasteiger partial charge >= 0.3 is 0 Å². The average molecular weight is 292 g/mol. The fraction of sp³-hybridized carbons (Fsp3) is 0.400. The van der Waals surface area contributed by atoms with Gasteiger partial charge in [-0.05, 0) is 24.6 Å². The summed E-state index contributed by atoms with van der Waals surface area (Å²) in [5.41, 5.74) is 4.48. The van der Waals surface area contributed by atoms with Crippen molar-refractivity contribution < 1.29 is 4.74 Å². The standard InChI is InChI=1S/C15H18ClN3O/c1-2-7-20-14-4-3-10(8-12(14)16)15-11-9-17-6-5-13(11)18-19-15/h3-4,8,17H,2,5-7,9H2,1H3,(H,18,19). The highest BCUT2D eigenvalue weighted by molar-refractivity contribution is 6.32. The van der Waals surface area contributed by atoms with Crippen LogP contribution in [0, 0.1) is 0 Å². The van der Waals surface area contributed by atoms with Gasteiger partial charge in [0.15, 0.2) is 0 Å². The topological polar surface area (TPSA) is 49.9 Å². The molecule has 0 saturated carbocycles. The third-order valence-electron chi connectivity index (χ3n) is 3.47. The predicted molar refractivity (Wildman–Crippen MR) is 80.2 cm³/mol. The number of hydrogen-bond donors (Lipinski definition) is 2. The molecule has 2 aromatic rings. The fourth-order valence-electron chi connectivity index (χ4n) is 2.44. The summed E-state index contributed by atoms with van der Waals surface area (Å²) in [5, 5.41) is 11.6. The average Bonchev–Trinajstić information content (AvgIpc) is 2.90. The van der Waals surface area contributed by atoms with Crippen LogP contribution < -0.4 is 10.1 Å². The lowest BCUT2D eigenvalue weighted by molar-refractivity contribution is 0.317. The zero-order chi connectivity index (χ0) is 13.9. The Morgan fingerprint density at radius 2 is 2.30 bits per heavy atom. The van der Waals surface area contributed by atoms with Gasteiger partial charge in [0.2, 0.25) is 0 Å². The number of fused-ring (bicyclic) bond motifs is 1. The molecule has 1 aromatic heterocycles. The molecule has 0 fully saturated rings. The Morgan fingerprint density at radius 3 is 3.10 bits per heavy atom. The molecule has 0 unspecified atom stereocenters. The lowest BCUT2D eigenvalue weighted by Crippen LogP contribution is -2.23. The van der Waals surface area contributed by atoms with E-state index in [1.165, 1.54) is 11.3 Å². The van der Waals surface area contributed by atoms with Crippen LogP contribution in [0.5, 0.6) is 5.75 Å². The molecule has 106 valence electrons. The van der Waals surface area contributed by atoms with Crippen molar-refractivity contribution >= 4 is 11.6 Å². The van der Waals surface area contributed by atoms with E-state index in [-0.39, 0.29) is 0 Å². The predicted octanol–water partition coefficient (Wildman–Crippen LogP) is 3.16. The van der Waals surface area contributed by atoms with Gasteiger partial charge in [-0.1, -0.05) is 18.5 Å². The second-order valence-corrected chi connectivity index (χ2v) is 5.36. The maximum absolute atomic E-state index is 6.29. The summed E-state index contributed by atoms with van der Waals surface area (Å²) in [4.78, 5) is 0. The summed E-state index contributed by atoms with van der Waals surface area (Å²) in [6, 6.07) is 5.87. The number of H-pyrrole nitrogens is 1. The van der Waals surface area contributed by atoms with Crippen molar-refractivity contribution in [1.29, 1.82) is 0 Å². The van der Waals surface area contributed by atoms with Crippen LogP contribution in [0.4, 0.5) is 0 Å². The van der Waals surface area contributed by atoms with Crippen molar-refractivity contribution in [2.75, 3.05) is 13.2 Å². The Bertz CT molecular complexity index is 609. The van der Waals surface area contributed by atoms with E-state index in [4.69, 9.17) is 16.3 Å². The Morgan fingerprint density at radius 1 is 1.40 bits per heavy atom. The van der Waals surface area contributed by atoms with Gasteiger partial charge in [0, 0.05) is 36.3 Å². The molecule has 0 bridgehead atoms. The van der Waals surface area contributed by atoms with E-state index in [1.54, 1.807) is 0 Å². The second kappa shape index (κ2) is 5.85. The van der Waals surface area contributed by atoms with Crippen LogP contribution in [0.25, 0.3) is 11.3 Å². The first kappa shape index (κ1) is 13.5. The molecule has 3 rings (SSSR count). The van der Waals surface area contributed by atoms with Gasteiger partial charge in [0.1, 0.15) is 5.75 Å². The number of halogens is 1. The maximum Gasteiger partial charge on any atom is 0.137 e. The lowest BCUT2D eigenvalue weighted by Gasteiger charge is -2.13. The summed E-state index contributed by atoms with van der Waals surface area (Å²) in [5.74, 6) is 0.736. The first-order chi connectivity index (χ1) is 9.79. The van der Waals surface area contributed by atoms with Crippen LogP contribution >= 0.6 is 11.6 Å². The summed E-state index contributed by atoms with van der Waals surface area (Å²) >= 11 is 6.29. The number of benzene rings is 1. The van der Waals surface area contributed by atoms with E-state index in [9.17, 15) is 0 Å². The Kier molecular flexibility index (Phi) is 3.94. The minimum absolute atomic E-state index is 0.636. The minimum atomic E-state index is 0.636. The van der Waals surface area contributed by atoms with Crippen LogP contribution in [-0.4, -0.2) is 23.3 Å². The van der Waals surface area contributed by atoms with Gasteiger partial charge < -0.3 is 10.1 Å². The molecule has 1 aliphatic rings. The summed E-state index contributed by atoms with van der Waals surface area (Å²) in [6.45, 7) is 4.61. The molecule has 2 heterocycles. The molecule has 0 amide bonds. The van der Waals surface area contributed by atoms with E-state index >= 15 is 0 Å². The van der Waals surface area contributed by atoms with Crippen LogP contribution in [0.3, 0.4) is 0 Å². The minimum Gasteiger partial charge on any atom is -0.492 e. The van der Waals surface area contributed by atoms with Gasteiger partial charge in [-0.15, -0.1) is 0 Å². The lowest BCUT2D eigenvalue weighted by atomic mass is 10.0. The number of nitrogens with one attached hydrogen (secondary N) is 2. The molecular formula is C15H18ClN3O. The van der Waals surface area contributed by atoms with Crippen molar-refractivity contribution in [2.45, 2.75) is 26.3 Å². The van der Waals surface area contributed by atoms with Crippen LogP contribution in [0.1, 0.15) is 24.6 Å². The quantitative estimate of drug-likeness (QED) is 0.910. The van der Waals surface area contributed by atoms with Gasteiger partial charge in [-0.2, -0.15) is 5.10 Å². The summed E-state index contributed by atoms with van der Waals surface area (Å²) < 4.78 is 5.60. The van der Waals surface area contributed by atoms with E-state index in [0.29, 0.717) is 11.6 Å². The van der Waals surface area contributed by atoms with Gasteiger partial charge in [-0.3, -0.25) is 5.10 Å². The van der Waals surface area contributed by atoms with Crippen molar-refractivity contribution in [3.05, 3.63) is 34.5 Å². The van der Waals surface area contributed by atoms with Crippen LogP contribution in [0.15, 0.2) is 18.2 Å². The SMILES string of the molecule is CCCOc1ccc(-c2n[nH]c3c2CNCC3)cc1Cl. The zero-order valence-corrected chi connectivity index (χ0v) is 12.3. The molecule has 0 atom stereocenters. The highest BCUT2D eigenvalue weighted by Gasteiger charge is 2.18. The fourth-order valence-corrected chi connectivity index (χ4v) is 2.68. The first-order valence-corrected chi connectivity index (χ1v) is 7.37. The van der Waals surface area contributed by atoms with Crippen LogP contribution in [-0.2, 0) is 13.0 Å². The number of aromatic amines is 1. The first-order valence-electron chi connectivity index (χ1n) is 6.99. The third kappa shape index (κ3) is 2.53. The molecule has 4 nitrogen and oxygen atoms in total. The number of nitrogens with zero attached hydrogens (tertiary/aromatic N) is 1.